The van der Waals surface area contributed by atoms with Crippen molar-refractivity contribution in [2.75, 3.05) is 5.32 Å². The average molecular weight is 258 g/mol. The molecular formula is C14H18N4O. The summed E-state index contributed by atoms with van der Waals surface area (Å²) in [4.78, 5) is 12.7. The molecule has 0 radical (unpaired) electrons. The van der Waals surface area contributed by atoms with Gasteiger partial charge in [-0.3, -0.25) is 0 Å². The summed E-state index contributed by atoms with van der Waals surface area (Å²) in [5.74, 6) is 1.26. The topological polar surface area (TPSA) is 59.9 Å². The first-order valence-corrected chi connectivity index (χ1v) is 6.29. The minimum Gasteiger partial charge on any atom is -0.475 e. The van der Waals surface area contributed by atoms with Crippen LogP contribution in [0.5, 0.6) is 5.88 Å². The zero-order valence-corrected chi connectivity index (χ0v) is 11.4. The molecule has 0 unspecified atom stereocenters. The smallest absolute Gasteiger partial charge is 0.223 e. The number of rotatable bonds is 5. The van der Waals surface area contributed by atoms with Crippen molar-refractivity contribution in [3.63, 3.8) is 0 Å². The molecular weight excluding hydrogens is 240 g/mol. The molecule has 5 heteroatoms. The highest BCUT2D eigenvalue weighted by Crippen LogP contribution is 2.16. The molecule has 2 rings (SSSR count). The highest BCUT2D eigenvalue weighted by Gasteiger charge is 2.07. The first-order valence-electron chi connectivity index (χ1n) is 6.29. The summed E-state index contributed by atoms with van der Waals surface area (Å²) >= 11 is 0. The Kier molecular flexibility index (Phi) is 4.28. The summed E-state index contributed by atoms with van der Waals surface area (Å²) in [5.41, 5.74) is 1.92. The minimum atomic E-state index is 0.101. The van der Waals surface area contributed by atoms with Gasteiger partial charge in [0, 0.05) is 30.2 Å². The van der Waals surface area contributed by atoms with Crippen molar-refractivity contribution in [2.45, 2.75) is 33.4 Å². The summed E-state index contributed by atoms with van der Waals surface area (Å²) in [6.07, 6.45) is 3.56. The maximum Gasteiger partial charge on any atom is 0.223 e. The third-order valence-electron chi connectivity index (χ3n) is 2.43. The van der Waals surface area contributed by atoms with Crippen LogP contribution < -0.4 is 10.1 Å². The second-order valence-corrected chi connectivity index (χ2v) is 4.51. The Labute approximate surface area is 113 Å². The van der Waals surface area contributed by atoms with Gasteiger partial charge in [0.05, 0.1) is 6.10 Å². The maximum atomic E-state index is 5.67. The van der Waals surface area contributed by atoms with E-state index in [0.717, 1.165) is 11.3 Å². The quantitative estimate of drug-likeness (QED) is 0.893. The maximum absolute atomic E-state index is 5.67. The van der Waals surface area contributed by atoms with Crippen LogP contribution in [0.15, 0.2) is 30.6 Å². The van der Waals surface area contributed by atoms with Gasteiger partial charge in [0.2, 0.25) is 11.8 Å². The van der Waals surface area contributed by atoms with Crippen LogP contribution in [0.1, 0.15) is 25.1 Å². The second kappa shape index (κ2) is 6.13. The van der Waals surface area contributed by atoms with E-state index in [0.29, 0.717) is 18.4 Å². The fraction of sp³-hybridized carbons (Fsp3) is 0.357. The number of nitrogens with one attached hydrogen (secondary N) is 1. The van der Waals surface area contributed by atoms with Crippen LogP contribution in [-0.4, -0.2) is 21.1 Å². The Hall–Kier alpha value is -2.17. The number of anilines is 1. The van der Waals surface area contributed by atoms with Gasteiger partial charge < -0.3 is 10.1 Å². The first kappa shape index (κ1) is 13.3. The van der Waals surface area contributed by atoms with E-state index in [1.165, 1.54) is 0 Å². The van der Waals surface area contributed by atoms with Gasteiger partial charge in [-0.05, 0) is 32.9 Å². The van der Waals surface area contributed by atoms with E-state index < -0.39 is 0 Å². The number of hydrogen-bond acceptors (Lipinski definition) is 5. The normalized spacial score (nSPS) is 10.5. The minimum absolute atomic E-state index is 0.101. The number of aromatic nitrogens is 3. The summed E-state index contributed by atoms with van der Waals surface area (Å²) in [7, 11) is 0. The molecule has 2 aromatic heterocycles. The Balaban J connectivity index is 2.07. The van der Waals surface area contributed by atoms with Crippen LogP contribution in [-0.2, 0) is 6.54 Å². The Bertz CT molecular complexity index is 542. The lowest BCUT2D eigenvalue weighted by Crippen LogP contribution is -2.11. The molecule has 0 fully saturated rings. The summed E-state index contributed by atoms with van der Waals surface area (Å²) in [6, 6.07) is 5.73. The van der Waals surface area contributed by atoms with Crippen LogP contribution in [0.2, 0.25) is 0 Å². The van der Waals surface area contributed by atoms with E-state index in [-0.39, 0.29) is 6.10 Å². The van der Waals surface area contributed by atoms with Gasteiger partial charge in [-0.2, -0.15) is 0 Å². The van der Waals surface area contributed by atoms with E-state index in [1.54, 1.807) is 12.4 Å². The van der Waals surface area contributed by atoms with Gasteiger partial charge in [-0.1, -0.05) is 6.07 Å². The van der Waals surface area contributed by atoms with Gasteiger partial charge in [0.15, 0.2) is 0 Å². The van der Waals surface area contributed by atoms with E-state index in [2.05, 4.69) is 20.3 Å². The van der Waals surface area contributed by atoms with Crippen molar-refractivity contribution in [3.8, 4) is 5.88 Å². The molecule has 0 saturated heterocycles. The van der Waals surface area contributed by atoms with Crippen LogP contribution in [0.3, 0.4) is 0 Å². The van der Waals surface area contributed by atoms with Crippen molar-refractivity contribution in [2.24, 2.45) is 0 Å². The molecule has 5 nitrogen and oxygen atoms in total. The molecule has 19 heavy (non-hydrogen) atoms. The summed E-state index contributed by atoms with van der Waals surface area (Å²) in [6.45, 7) is 6.48. The lowest BCUT2D eigenvalue weighted by Gasteiger charge is -2.13. The highest BCUT2D eigenvalue weighted by molar-refractivity contribution is 5.32. The predicted molar refractivity (Wildman–Crippen MR) is 74.1 cm³/mol. The van der Waals surface area contributed by atoms with E-state index >= 15 is 0 Å². The molecule has 1 N–H and O–H groups in total. The Morgan fingerprint density at radius 2 is 2.05 bits per heavy atom. The Morgan fingerprint density at radius 1 is 1.21 bits per heavy atom. The summed E-state index contributed by atoms with van der Waals surface area (Å²) < 4.78 is 5.67. The molecule has 0 spiro atoms. The van der Waals surface area contributed by atoms with Crippen molar-refractivity contribution in [3.05, 3.63) is 41.9 Å². The fourth-order valence-electron chi connectivity index (χ4n) is 1.60. The first-order chi connectivity index (χ1) is 9.15. The highest BCUT2D eigenvalue weighted by atomic mass is 16.5. The second-order valence-electron chi connectivity index (χ2n) is 4.51. The fourth-order valence-corrected chi connectivity index (χ4v) is 1.60. The molecule has 0 bridgehead atoms. The van der Waals surface area contributed by atoms with Crippen molar-refractivity contribution >= 4 is 5.95 Å². The molecule has 100 valence electrons. The van der Waals surface area contributed by atoms with Crippen LogP contribution in [0, 0.1) is 6.92 Å². The molecule has 2 aromatic rings. The average Bonchev–Trinajstić information content (AvgIpc) is 2.37. The van der Waals surface area contributed by atoms with Gasteiger partial charge in [-0.25, -0.2) is 15.0 Å². The zero-order valence-electron chi connectivity index (χ0n) is 11.4. The van der Waals surface area contributed by atoms with Gasteiger partial charge in [0.25, 0.3) is 0 Å². The van der Waals surface area contributed by atoms with E-state index in [1.807, 2.05) is 39.0 Å². The molecule has 0 aliphatic heterocycles. The molecule has 0 aliphatic rings. The van der Waals surface area contributed by atoms with Crippen molar-refractivity contribution < 1.29 is 4.74 Å². The van der Waals surface area contributed by atoms with Crippen molar-refractivity contribution in [1.82, 2.24) is 15.0 Å². The molecule has 0 amide bonds. The number of nitrogens with zero attached hydrogens (tertiary/aromatic N) is 3. The lowest BCUT2D eigenvalue weighted by atomic mass is 10.2. The molecule has 0 aromatic carbocycles. The van der Waals surface area contributed by atoms with E-state index in [4.69, 9.17) is 4.74 Å². The molecule has 0 aliphatic carbocycles. The lowest BCUT2D eigenvalue weighted by molar-refractivity contribution is 0.230. The molecule has 0 atom stereocenters. The van der Waals surface area contributed by atoms with Gasteiger partial charge in [0.1, 0.15) is 0 Å². The Morgan fingerprint density at radius 3 is 2.79 bits per heavy atom. The number of hydrogen-bond donors (Lipinski definition) is 1. The standard InChI is InChI=1S/C14H18N4O/c1-10(2)19-13-12(5-4-7-15-13)9-17-14-16-8-6-11(3)18-14/h4-8,10H,9H2,1-3H3,(H,16,17,18). The van der Waals surface area contributed by atoms with Crippen molar-refractivity contribution in [1.29, 1.82) is 0 Å². The monoisotopic (exact) mass is 258 g/mol. The third-order valence-corrected chi connectivity index (χ3v) is 2.43. The third kappa shape index (κ3) is 3.91. The number of ether oxygens (including phenoxy) is 1. The predicted octanol–water partition coefficient (Wildman–Crippen LogP) is 2.58. The number of pyridine rings is 1. The zero-order chi connectivity index (χ0) is 13.7. The molecule has 2 heterocycles. The van der Waals surface area contributed by atoms with Gasteiger partial charge >= 0.3 is 0 Å². The largest absolute Gasteiger partial charge is 0.475 e. The SMILES string of the molecule is Cc1ccnc(NCc2cccnc2OC(C)C)n1. The van der Waals surface area contributed by atoms with Crippen LogP contribution >= 0.6 is 0 Å². The summed E-state index contributed by atoms with van der Waals surface area (Å²) in [5, 5.41) is 3.17. The molecule has 0 saturated carbocycles. The number of aryl methyl sites for hydroxylation is 1. The van der Waals surface area contributed by atoms with Crippen LogP contribution in [0.4, 0.5) is 5.95 Å². The van der Waals surface area contributed by atoms with Gasteiger partial charge in [-0.15, -0.1) is 0 Å². The van der Waals surface area contributed by atoms with Crippen LogP contribution in [0.25, 0.3) is 0 Å². The van der Waals surface area contributed by atoms with E-state index in [9.17, 15) is 0 Å².